The van der Waals surface area contributed by atoms with Gasteiger partial charge in [-0.1, -0.05) is 61.7 Å². The molecular formula is C32H39N3O. The molecule has 4 nitrogen and oxygen atoms in total. The number of hydrogen-bond acceptors (Lipinski definition) is 3. The van der Waals surface area contributed by atoms with Crippen LogP contribution in [0.4, 0.5) is 0 Å². The standard InChI is InChI=1S/C32H39N3O/c33-20-26-13-7-15-28-27(26)14-8-17-32(28)22-34-21-29(32)31(36)35-18-16-25(23-9-3-1-4-10-23)19-30(35)24-11-5-2-6-12-24/h1,3-4,7,9-10,13,15,24-25,29-30,34H,2,5-6,8,11-12,14,16-19,21-22H2/t25-,29+,30+,32+/m1/s1. The van der Waals surface area contributed by atoms with Gasteiger partial charge in [0.2, 0.25) is 5.91 Å². The third kappa shape index (κ3) is 4.06. The lowest BCUT2D eigenvalue weighted by molar-refractivity contribution is -0.143. The minimum Gasteiger partial charge on any atom is -0.339 e. The molecule has 2 aliphatic heterocycles. The summed E-state index contributed by atoms with van der Waals surface area (Å²) in [6.45, 7) is 2.47. The van der Waals surface area contributed by atoms with Crippen LogP contribution >= 0.6 is 0 Å². The van der Waals surface area contributed by atoms with E-state index in [4.69, 9.17) is 0 Å². The number of fused-ring (bicyclic) bond motifs is 2. The summed E-state index contributed by atoms with van der Waals surface area (Å²) < 4.78 is 0. The lowest BCUT2D eigenvalue weighted by atomic mass is 9.63. The van der Waals surface area contributed by atoms with Gasteiger partial charge in [-0.3, -0.25) is 4.79 Å². The molecule has 0 unspecified atom stereocenters. The van der Waals surface area contributed by atoms with Crippen molar-refractivity contribution >= 4 is 5.91 Å². The maximum absolute atomic E-state index is 14.6. The number of amides is 1. The van der Waals surface area contributed by atoms with Crippen LogP contribution in [0.2, 0.25) is 0 Å². The zero-order chi connectivity index (χ0) is 24.5. The maximum atomic E-state index is 14.6. The van der Waals surface area contributed by atoms with Gasteiger partial charge in [-0.25, -0.2) is 0 Å². The fourth-order valence-corrected chi connectivity index (χ4v) is 8.23. The van der Waals surface area contributed by atoms with Crippen LogP contribution in [0.25, 0.3) is 0 Å². The van der Waals surface area contributed by atoms with Crippen molar-refractivity contribution in [2.24, 2.45) is 11.8 Å². The van der Waals surface area contributed by atoms with Crippen LogP contribution in [-0.2, 0) is 16.6 Å². The SMILES string of the molecule is N#Cc1cccc2c1CCC[C@]21CNC[C@H]1C(=O)N1CC[C@@H](c2ccccc2)C[C@H]1C1CCCCC1. The monoisotopic (exact) mass is 481 g/mol. The number of rotatable bonds is 3. The zero-order valence-corrected chi connectivity index (χ0v) is 21.4. The highest BCUT2D eigenvalue weighted by atomic mass is 16.2. The first kappa shape index (κ1) is 23.7. The van der Waals surface area contributed by atoms with Crippen molar-refractivity contribution in [1.82, 2.24) is 10.2 Å². The van der Waals surface area contributed by atoms with Gasteiger partial charge < -0.3 is 10.2 Å². The number of likely N-dealkylation sites (tertiary alicyclic amines) is 1. The number of piperidine rings is 1. The van der Waals surface area contributed by atoms with Crippen LogP contribution in [0.15, 0.2) is 48.5 Å². The molecule has 2 heterocycles. The van der Waals surface area contributed by atoms with E-state index >= 15 is 0 Å². The molecule has 0 aromatic heterocycles. The highest BCUT2D eigenvalue weighted by Gasteiger charge is 2.52. The summed E-state index contributed by atoms with van der Waals surface area (Å²) >= 11 is 0. The fraction of sp³-hybridized carbons (Fsp3) is 0.562. The van der Waals surface area contributed by atoms with E-state index in [-0.39, 0.29) is 11.3 Å². The Morgan fingerprint density at radius 3 is 2.64 bits per heavy atom. The van der Waals surface area contributed by atoms with Crippen molar-refractivity contribution in [3.63, 3.8) is 0 Å². The molecule has 2 aliphatic carbocycles. The van der Waals surface area contributed by atoms with E-state index in [1.807, 2.05) is 12.1 Å². The van der Waals surface area contributed by atoms with Crippen molar-refractivity contribution in [3.05, 3.63) is 70.8 Å². The summed E-state index contributed by atoms with van der Waals surface area (Å²) in [6.07, 6.45) is 11.7. The minimum absolute atomic E-state index is 0.0372. The molecule has 6 rings (SSSR count). The zero-order valence-electron chi connectivity index (χ0n) is 21.4. The van der Waals surface area contributed by atoms with Gasteiger partial charge in [0.15, 0.2) is 0 Å². The number of nitrogens with one attached hydrogen (secondary N) is 1. The van der Waals surface area contributed by atoms with Crippen LogP contribution in [0.1, 0.15) is 86.0 Å². The lowest BCUT2D eigenvalue weighted by Crippen LogP contribution is -2.55. The molecule has 1 spiro atoms. The molecule has 0 bridgehead atoms. The normalized spacial score (nSPS) is 30.6. The number of benzene rings is 2. The number of nitrogens with zero attached hydrogens (tertiary/aromatic N) is 2. The minimum atomic E-state index is -0.176. The maximum Gasteiger partial charge on any atom is 0.228 e. The van der Waals surface area contributed by atoms with Crippen LogP contribution in [0, 0.1) is 23.2 Å². The molecule has 188 valence electrons. The van der Waals surface area contributed by atoms with E-state index in [0.717, 1.165) is 57.3 Å². The Kier molecular flexibility index (Phi) is 6.61. The van der Waals surface area contributed by atoms with Crippen molar-refractivity contribution in [1.29, 1.82) is 5.26 Å². The molecule has 1 amide bonds. The highest BCUT2D eigenvalue weighted by molar-refractivity contribution is 5.82. The van der Waals surface area contributed by atoms with Gasteiger partial charge in [-0.05, 0) is 79.5 Å². The Morgan fingerprint density at radius 1 is 1.00 bits per heavy atom. The van der Waals surface area contributed by atoms with Gasteiger partial charge in [0, 0.05) is 31.1 Å². The predicted octanol–water partition coefficient (Wildman–Crippen LogP) is 5.71. The number of carbonyl (C=O) groups excluding carboxylic acids is 1. The first-order chi connectivity index (χ1) is 17.7. The molecule has 1 N–H and O–H groups in total. The molecule has 3 fully saturated rings. The first-order valence-electron chi connectivity index (χ1n) is 14.3. The number of nitriles is 1. The predicted molar refractivity (Wildman–Crippen MR) is 143 cm³/mol. The Bertz CT molecular complexity index is 1130. The molecule has 1 saturated carbocycles. The third-order valence-corrected chi connectivity index (χ3v) is 10.0. The van der Waals surface area contributed by atoms with E-state index < -0.39 is 0 Å². The van der Waals surface area contributed by atoms with Crippen LogP contribution < -0.4 is 5.32 Å². The lowest BCUT2D eigenvalue weighted by Gasteiger charge is -2.48. The van der Waals surface area contributed by atoms with Crippen LogP contribution in [-0.4, -0.2) is 36.5 Å². The smallest absolute Gasteiger partial charge is 0.228 e. The highest BCUT2D eigenvalue weighted by Crippen LogP contribution is 2.48. The average Bonchev–Trinajstić information content (AvgIpc) is 3.37. The number of hydrogen-bond donors (Lipinski definition) is 1. The van der Waals surface area contributed by atoms with E-state index in [2.05, 4.69) is 52.7 Å². The molecule has 2 aromatic rings. The Balaban J connectivity index is 1.32. The largest absolute Gasteiger partial charge is 0.339 e. The molecule has 0 radical (unpaired) electrons. The summed E-state index contributed by atoms with van der Waals surface area (Å²) in [6, 6.07) is 19.9. The molecule has 4 aliphatic rings. The van der Waals surface area contributed by atoms with Gasteiger partial charge in [0.25, 0.3) is 0 Å². The van der Waals surface area contributed by atoms with Crippen molar-refractivity contribution in [2.75, 3.05) is 19.6 Å². The summed E-state index contributed by atoms with van der Waals surface area (Å²) in [4.78, 5) is 16.9. The fourth-order valence-electron chi connectivity index (χ4n) is 8.23. The first-order valence-corrected chi connectivity index (χ1v) is 14.3. The summed E-state index contributed by atoms with van der Waals surface area (Å²) in [7, 11) is 0. The van der Waals surface area contributed by atoms with E-state index in [9.17, 15) is 10.1 Å². The average molecular weight is 482 g/mol. The van der Waals surface area contributed by atoms with Crippen LogP contribution in [0.3, 0.4) is 0 Å². The third-order valence-electron chi connectivity index (χ3n) is 10.0. The molecule has 2 aromatic carbocycles. The second kappa shape index (κ2) is 10.0. The van der Waals surface area contributed by atoms with E-state index in [1.165, 1.54) is 48.8 Å². The van der Waals surface area contributed by atoms with Crippen molar-refractivity contribution in [3.8, 4) is 6.07 Å². The molecule has 36 heavy (non-hydrogen) atoms. The molecule has 4 heteroatoms. The summed E-state index contributed by atoms with van der Waals surface area (Å²) in [5, 5.41) is 13.4. The van der Waals surface area contributed by atoms with Crippen molar-refractivity contribution < 1.29 is 4.79 Å². The van der Waals surface area contributed by atoms with E-state index in [1.54, 1.807) is 0 Å². The Hall–Kier alpha value is -2.64. The van der Waals surface area contributed by atoms with Gasteiger partial charge in [0.1, 0.15) is 0 Å². The second-order valence-electron chi connectivity index (χ2n) is 11.8. The quantitative estimate of drug-likeness (QED) is 0.611. The van der Waals surface area contributed by atoms with Gasteiger partial charge >= 0.3 is 0 Å². The Labute approximate surface area is 216 Å². The summed E-state index contributed by atoms with van der Waals surface area (Å²) in [5.74, 6) is 1.51. The molecule has 2 saturated heterocycles. The second-order valence-corrected chi connectivity index (χ2v) is 11.8. The molecular weight excluding hydrogens is 442 g/mol. The van der Waals surface area contributed by atoms with Gasteiger partial charge in [-0.2, -0.15) is 5.26 Å². The van der Waals surface area contributed by atoms with Crippen molar-refractivity contribution in [2.45, 2.75) is 81.6 Å². The molecule has 4 atom stereocenters. The summed E-state index contributed by atoms with van der Waals surface area (Å²) in [5.41, 5.74) is 4.53. The topological polar surface area (TPSA) is 56.1 Å². The van der Waals surface area contributed by atoms with E-state index in [0.29, 0.717) is 23.8 Å². The van der Waals surface area contributed by atoms with Crippen LogP contribution in [0.5, 0.6) is 0 Å². The Morgan fingerprint density at radius 2 is 1.83 bits per heavy atom. The van der Waals surface area contributed by atoms with Gasteiger partial charge in [-0.15, -0.1) is 0 Å². The van der Waals surface area contributed by atoms with Gasteiger partial charge in [0.05, 0.1) is 17.6 Å². The number of carbonyl (C=O) groups is 1.